The van der Waals surface area contributed by atoms with Crippen LogP contribution in [0.5, 0.6) is 0 Å². The Bertz CT molecular complexity index is 1160. The van der Waals surface area contributed by atoms with Crippen molar-refractivity contribution in [3.05, 3.63) is 0 Å². The van der Waals surface area contributed by atoms with Crippen LogP contribution in [0.15, 0.2) is 0 Å². The lowest BCUT2D eigenvalue weighted by Crippen LogP contribution is -2.43. The Hall–Kier alpha value is -2.42. The third kappa shape index (κ3) is 237. The lowest BCUT2D eigenvalue weighted by Gasteiger charge is -2.23. The normalized spacial score (nSPS) is 10.5. The second-order valence-electron chi connectivity index (χ2n) is 28.8. The maximum absolute atomic E-state index is 8.98. The van der Waals surface area contributed by atoms with Crippen LogP contribution in [-0.4, -0.2) is 286 Å². The molecular formula is C60H144B4N12O8. The Kier molecular flexibility index (Phi) is 90.8. The van der Waals surface area contributed by atoms with E-state index in [4.69, 9.17) is 61.2 Å². The molecule has 0 fully saturated rings. The van der Waals surface area contributed by atoms with Gasteiger partial charge in [-0.05, 0) is 75.2 Å². The lowest BCUT2D eigenvalue weighted by atomic mass is 9.97. The van der Waals surface area contributed by atoms with E-state index in [-0.39, 0.29) is 0 Å². The third-order valence-corrected chi connectivity index (χ3v) is 9.88. The molecule has 0 spiro atoms. The molecule has 0 aliphatic carbocycles. The highest BCUT2D eigenvalue weighted by molar-refractivity contribution is 6.47. The highest BCUT2D eigenvalue weighted by Crippen LogP contribution is 2.00. The summed E-state index contributed by atoms with van der Waals surface area (Å²) in [5.41, 5.74) is 0. The molecule has 0 aromatic rings. The van der Waals surface area contributed by atoms with E-state index >= 15 is 0 Å². The Balaban J connectivity index is -0.0000000676. The molecule has 0 saturated heterocycles. The molecule has 20 nitrogen and oxygen atoms in total. The molecule has 0 aliphatic rings. The van der Waals surface area contributed by atoms with Crippen molar-refractivity contribution < 1.29 is 76.1 Å². The molecular weight excluding hydrogens is 1060 g/mol. The van der Waals surface area contributed by atoms with E-state index in [1.807, 2.05) is 0 Å². The number of hydrogen-bond acceptors (Lipinski definition) is 12. The molecule has 0 rings (SSSR count). The molecule has 0 atom stereocenters. The Morgan fingerprint density at radius 1 is 0.202 bits per heavy atom. The minimum absolute atomic E-state index is 0.917. The fourth-order valence-corrected chi connectivity index (χ4v) is 5.06. The standard InChI is InChI=1S/8C7H18N.4CBNO2/c8*1-5-6-7-8(2,3)4;4*3-1-2(4)5/h8*5-7H2,1-4H3;;;;/q8*+1;4*-2. The van der Waals surface area contributed by atoms with Gasteiger partial charge in [-0.3, -0.25) is 0 Å². The smallest absolute Gasteiger partial charge is 0.0780 e. The minimum Gasteiger partial charge on any atom is -0.881 e. The Morgan fingerprint density at radius 2 is 0.262 bits per heavy atom. The third-order valence-electron chi connectivity index (χ3n) is 9.88. The summed E-state index contributed by atoms with van der Waals surface area (Å²) >= 11 is 0. The van der Waals surface area contributed by atoms with Crippen molar-refractivity contribution in [3.63, 3.8) is 0 Å². The SMILES string of the molecule is CCCC[N+](C)(C)C.CCCC[N+](C)(C)C.CCCC[N+](C)(C)C.CCCC[N+](C)(C)C.CCCC[N+](C)(C)C.CCCC[N+](C)(C)C.CCCC[N+](C)(C)C.CCCC[N+](C)(C)C.N#CB([O-])[O-].N#CB([O-])[O-].N#CB([O-])[O-].N#CB([O-])[O-]. The average Bonchev–Trinajstić information content (AvgIpc) is 3.33. The first-order chi connectivity index (χ1) is 37.6. The van der Waals surface area contributed by atoms with E-state index in [0.29, 0.717) is 0 Å². The summed E-state index contributed by atoms with van der Waals surface area (Å²) in [6.07, 6.45) is 21.3. The van der Waals surface area contributed by atoms with Gasteiger partial charge in [0.25, 0.3) is 0 Å². The minimum atomic E-state index is -2.31. The molecule has 0 unspecified atom stereocenters. The van der Waals surface area contributed by atoms with Crippen LogP contribution in [0.1, 0.15) is 158 Å². The predicted molar refractivity (Wildman–Crippen MR) is 348 cm³/mol. The van der Waals surface area contributed by atoms with Gasteiger partial charge in [0.05, 0.1) is 222 Å². The van der Waals surface area contributed by atoms with Crippen molar-refractivity contribution in [2.45, 2.75) is 158 Å². The first-order valence-corrected chi connectivity index (χ1v) is 30.9. The number of quaternary nitrogens is 8. The van der Waals surface area contributed by atoms with Gasteiger partial charge in [0.2, 0.25) is 0 Å². The van der Waals surface area contributed by atoms with Crippen LogP contribution in [0.4, 0.5) is 0 Å². The molecule has 0 amide bonds. The van der Waals surface area contributed by atoms with Gasteiger partial charge in [-0.25, -0.2) is 21.0 Å². The van der Waals surface area contributed by atoms with Crippen LogP contribution in [-0.2, 0) is 0 Å². The first kappa shape index (κ1) is 109. The van der Waals surface area contributed by atoms with Crippen LogP contribution in [0.25, 0.3) is 0 Å². The number of rotatable bonds is 24. The molecule has 24 heteroatoms. The van der Waals surface area contributed by atoms with Crippen LogP contribution in [0.2, 0.25) is 0 Å². The predicted octanol–water partition coefficient (Wildman–Crippen LogP) is 0.974. The van der Waals surface area contributed by atoms with Gasteiger partial charge in [-0.1, -0.05) is 107 Å². The quantitative estimate of drug-likeness (QED) is 0.0966. The van der Waals surface area contributed by atoms with Gasteiger partial charge in [-0.15, -0.1) is 0 Å². The summed E-state index contributed by atoms with van der Waals surface area (Å²) in [5, 5.41) is 101. The van der Waals surface area contributed by atoms with E-state index in [9.17, 15) is 0 Å². The number of nitrogens with zero attached hydrogens (tertiary/aromatic N) is 12. The Morgan fingerprint density at radius 3 is 0.274 bits per heavy atom. The molecule has 0 radical (unpaired) electrons. The van der Waals surface area contributed by atoms with Gasteiger partial charge in [0.15, 0.2) is 0 Å². The number of nitriles is 4. The van der Waals surface area contributed by atoms with Gasteiger partial charge in [-0.2, -0.15) is 0 Å². The molecule has 0 aromatic heterocycles. The van der Waals surface area contributed by atoms with Crippen molar-refractivity contribution >= 4 is 28.5 Å². The molecule has 0 heterocycles. The maximum Gasteiger partial charge on any atom is 0.0780 e. The van der Waals surface area contributed by atoms with Gasteiger partial charge in [0.1, 0.15) is 0 Å². The van der Waals surface area contributed by atoms with E-state index in [1.165, 1.54) is 155 Å². The summed E-state index contributed by atoms with van der Waals surface area (Å²) < 4.78 is 8.84. The molecule has 0 aromatic carbocycles. The maximum atomic E-state index is 8.98. The van der Waals surface area contributed by atoms with Crippen molar-refractivity contribution in [1.29, 1.82) is 21.0 Å². The van der Waals surface area contributed by atoms with Gasteiger partial charge < -0.3 is 76.1 Å². The molecule has 0 bridgehead atoms. The molecule has 504 valence electrons. The Labute approximate surface area is 527 Å². The monoisotopic (exact) mass is 1210 g/mol. The topological polar surface area (TPSA) is 280 Å². The zero-order chi connectivity index (χ0) is 70.1. The second kappa shape index (κ2) is 69.7. The van der Waals surface area contributed by atoms with Crippen LogP contribution >= 0.6 is 0 Å². The van der Waals surface area contributed by atoms with Crippen LogP contribution < -0.4 is 40.2 Å². The van der Waals surface area contributed by atoms with Gasteiger partial charge in [0, 0.05) is 28.5 Å². The van der Waals surface area contributed by atoms with Crippen LogP contribution in [0, 0.1) is 44.9 Å². The summed E-state index contributed by atoms with van der Waals surface area (Å²) in [6.45, 7) is 28.3. The van der Waals surface area contributed by atoms with Gasteiger partial charge >= 0.3 is 0 Å². The first-order valence-electron chi connectivity index (χ1n) is 30.9. The largest absolute Gasteiger partial charge is 0.881 e. The highest BCUT2D eigenvalue weighted by atomic mass is 16.4. The van der Waals surface area contributed by atoms with E-state index in [1.54, 1.807) is 0 Å². The number of hydrogen-bond donors (Lipinski definition) is 0. The summed E-state index contributed by atoms with van der Waals surface area (Å²) in [5.74, 6) is 3.67. The zero-order valence-electron chi connectivity index (χ0n) is 61.9. The average molecular weight is 1210 g/mol. The summed E-state index contributed by atoms with van der Waals surface area (Å²) in [7, 11) is 44.3. The molecule has 0 saturated carbocycles. The molecule has 0 aliphatic heterocycles. The molecule has 84 heavy (non-hydrogen) atoms. The summed E-state index contributed by atoms with van der Waals surface area (Å²) in [4.78, 5) is 0. The second-order valence-corrected chi connectivity index (χ2v) is 28.8. The lowest BCUT2D eigenvalue weighted by molar-refractivity contribution is -0.870. The highest BCUT2D eigenvalue weighted by Gasteiger charge is 2.07. The number of unbranched alkanes of at least 4 members (excludes halogenated alkanes) is 8. The van der Waals surface area contributed by atoms with E-state index in [2.05, 4.69) is 225 Å². The summed E-state index contributed by atoms with van der Waals surface area (Å²) in [6, 6.07) is 0. The van der Waals surface area contributed by atoms with Crippen molar-refractivity contribution in [2.75, 3.05) is 222 Å². The fourth-order valence-electron chi connectivity index (χ4n) is 5.06. The fraction of sp³-hybridized carbons (Fsp3) is 0.933. The van der Waals surface area contributed by atoms with Crippen molar-refractivity contribution in [2.24, 2.45) is 0 Å². The van der Waals surface area contributed by atoms with Crippen molar-refractivity contribution in [1.82, 2.24) is 0 Å². The zero-order valence-corrected chi connectivity index (χ0v) is 61.9. The molecule has 0 N–H and O–H groups in total. The van der Waals surface area contributed by atoms with E-state index in [0.717, 1.165) is 59.7 Å². The van der Waals surface area contributed by atoms with E-state index < -0.39 is 28.5 Å². The van der Waals surface area contributed by atoms with Crippen LogP contribution in [0.3, 0.4) is 0 Å². The van der Waals surface area contributed by atoms with Crippen molar-refractivity contribution in [3.8, 4) is 23.9 Å².